The number of benzene rings is 1. The van der Waals surface area contributed by atoms with Gasteiger partial charge in [0.2, 0.25) is 0 Å². The van der Waals surface area contributed by atoms with Crippen molar-refractivity contribution in [2.75, 3.05) is 6.54 Å². The minimum Gasteiger partial charge on any atom is -0.301 e. The summed E-state index contributed by atoms with van der Waals surface area (Å²) in [7, 11) is 0. The van der Waals surface area contributed by atoms with Crippen LogP contribution in [-0.4, -0.2) is 13.3 Å². The van der Waals surface area contributed by atoms with E-state index in [0.717, 1.165) is 13.0 Å². The maximum atomic E-state index is 3.82. The second kappa shape index (κ2) is 3.91. The van der Waals surface area contributed by atoms with Crippen molar-refractivity contribution in [1.29, 1.82) is 0 Å². The Bertz CT molecular complexity index is 240. The number of hydrogen-bond donors (Lipinski definition) is 0. The summed E-state index contributed by atoms with van der Waals surface area (Å²) in [6.45, 7) is 6.40. The van der Waals surface area contributed by atoms with Gasteiger partial charge in [-0.15, -0.1) is 0 Å². The molecule has 0 aliphatic heterocycles. The zero-order chi connectivity index (χ0) is 8.10. The molecule has 11 heavy (non-hydrogen) atoms. The normalized spacial score (nSPS) is 9.55. The van der Waals surface area contributed by atoms with Crippen LogP contribution < -0.4 is 0 Å². The zero-order valence-electron chi connectivity index (χ0n) is 6.88. The van der Waals surface area contributed by atoms with Gasteiger partial charge in [0, 0.05) is 6.54 Å². The fraction of sp³-hybridized carbons (Fsp3) is 0.300. The largest absolute Gasteiger partial charge is 0.301 e. The molecule has 0 fully saturated rings. The highest BCUT2D eigenvalue weighted by Gasteiger charge is 1.93. The Morgan fingerprint density at radius 1 is 1.36 bits per heavy atom. The van der Waals surface area contributed by atoms with Gasteiger partial charge in [-0.25, -0.2) is 0 Å². The van der Waals surface area contributed by atoms with E-state index >= 15 is 0 Å². The van der Waals surface area contributed by atoms with Crippen LogP contribution in [-0.2, 0) is 6.42 Å². The molecule has 0 aromatic heterocycles. The van der Waals surface area contributed by atoms with E-state index in [1.54, 1.807) is 0 Å². The molecule has 0 aliphatic carbocycles. The lowest BCUT2D eigenvalue weighted by molar-refractivity contribution is 0.965. The van der Waals surface area contributed by atoms with Crippen LogP contribution in [0.15, 0.2) is 29.3 Å². The minimum absolute atomic E-state index is 0.824. The maximum Gasteiger partial charge on any atom is 0.0422 e. The van der Waals surface area contributed by atoms with Gasteiger partial charge in [-0.05, 0) is 31.2 Å². The summed E-state index contributed by atoms with van der Waals surface area (Å²) in [5, 5.41) is 0. The quantitative estimate of drug-likeness (QED) is 0.581. The van der Waals surface area contributed by atoms with Crippen LogP contribution in [0.5, 0.6) is 0 Å². The van der Waals surface area contributed by atoms with E-state index in [2.05, 4.69) is 42.9 Å². The molecular weight excluding hydrogens is 134 g/mol. The van der Waals surface area contributed by atoms with Crippen molar-refractivity contribution in [2.24, 2.45) is 4.99 Å². The number of aryl methyl sites for hydroxylation is 1. The molecule has 0 radical (unpaired) electrons. The Balaban J connectivity index is 2.69. The highest BCUT2D eigenvalue weighted by molar-refractivity contribution is 5.27. The summed E-state index contributed by atoms with van der Waals surface area (Å²) in [5.41, 5.74) is 2.72. The van der Waals surface area contributed by atoms with Crippen molar-refractivity contribution >= 4 is 6.72 Å². The van der Waals surface area contributed by atoms with Gasteiger partial charge in [0.05, 0.1) is 0 Å². The summed E-state index contributed by atoms with van der Waals surface area (Å²) < 4.78 is 0. The predicted octanol–water partition coefficient (Wildman–Crippen LogP) is 2.24. The van der Waals surface area contributed by atoms with E-state index in [-0.39, 0.29) is 0 Å². The van der Waals surface area contributed by atoms with Crippen LogP contribution in [0.2, 0.25) is 0 Å². The predicted molar refractivity (Wildman–Crippen MR) is 49.3 cm³/mol. The maximum absolute atomic E-state index is 3.82. The van der Waals surface area contributed by atoms with Crippen LogP contribution in [0, 0.1) is 6.92 Å². The third-order valence-electron chi connectivity index (χ3n) is 1.80. The Kier molecular flexibility index (Phi) is 2.84. The average Bonchev–Trinajstić information content (AvgIpc) is 2.03. The summed E-state index contributed by atoms with van der Waals surface area (Å²) in [4.78, 5) is 3.82. The fourth-order valence-corrected chi connectivity index (χ4v) is 1.09. The smallest absolute Gasteiger partial charge is 0.0422 e. The monoisotopic (exact) mass is 147 g/mol. The molecule has 1 heteroatoms. The highest BCUT2D eigenvalue weighted by Crippen LogP contribution is 2.06. The van der Waals surface area contributed by atoms with Crippen molar-refractivity contribution in [3.8, 4) is 0 Å². The second-order valence-corrected chi connectivity index (χ2v) is 2.62. The van der Waals surface area contributed by atoms with Gasteiger partial charge in [0.1, 0.15) is 0 Å². The molecule has 58 valence electrons. The third kappa shape index (κ3) is 2.19. The molecule has 1 aromatic carbocycles. The first-order valence-corrected chi connectivity index (χ1v) is 3.81. The number of aliphatic imine (C=N–C) groups is 1. The Morgan fingerprint density at radius 2 is 2.09 bits per heavy atom. The van der Waals surface area contributed by atoms with Crippen molar-refractivity contribution in [3.63, 3.8) is 0 Å². The minimum atomic E-state index is 0.824. The topological polar surface area (TPSA) is 12.4 Å². The molecule has 0 amide bonds. The first kappa shape index (κ1) is 7.99. The molecule has 1 rings (SSSR count). The number of nitrogens with zero attached hydrogens (tertiary/aromatic N) is 1. The molecule has 0 saturated carbocycles. The van der Waals surface area contributed by atoms with E-state index in [0.29, 0.717) is 0 Å². The lowest BCUT2D eigenvalue weighted by atomic mass is 10.1. The molecule has 0 atom stereocenters. The second-order valence-electron chi connectivity index (χ2n) is 2.62. The van der Waals surface area contributed by atoms with Gasteiger partial charge in [0.25, 0.3) is 0 Å². The molecule has 0 heterocycles. The van der Waals surface area contributed by atoms with Crippen LogP contribution >= 0.6 is 0 Å². The van der Waals surface area contributed by atoms with E-state index < -0.39 is 0 Å². The molecule has 1 aromatic rings. The molecule has 0 bridgehead atoms. The van der Waals surface area contributed by atoms with Gasteiger partial charge in [-0.2, -0.15) is 0 Å². The summed E-state index contributed by atoms with van der Waals surface area (Å²) in [6.07, 6.45) is 1.01. The van der Waals surface area contributed by atoms with E-state index in [1.165, 1.54) is 11.1 Å². The van der Waals surface area contributed by atoms with Crippen molar-refractivity contribution in [2.45, 2.75) is 13.3 Å². The Morgan fingerprint density at radius 3 is 2.73 bits per heavy atom. The average molecular weight is 147 g/mol. The molecule has 0 saturated heterocycles. The fourth-order valence-electron chi connectivity index (χ4n) is 1.09. The zero-order valence-corrected chi connectivity index (χ0v) is 6.88. The van der Waals surface area contributed by atoms with Gasteiger partial charge < -0.3 is 4.99 Å². The van der Waals surface area contributed by atoms with E-state index in [4.69, 9.17) is 0 Å². The SMILES string of the molecule is C=NCCc1ccccc1C. The summed E-state index contributed by atoms with van der Waals surface area (Å²) in [5.74, 6) is 0. The number of hydrogen-bond acceptors (Lipinski definition) is 1. The van der Waals surface area contributed by atoms with Gasteiger partial charge in [-0.1, -0.05) is 24.3 Å². The van der Waals surface area contributed by atoms with Crippen LogP contribution in [0.3, 0.4) is 0 Å². The van der Waals surface area contributed by atoms with E-state index in [1.807, 2.05) is 0 Å². The lowest BCUT2D eigenvalue weighted by Crippen LogP contribution is -1.91. The highest BCUT2D eigenvalue weighted by atomic mass is 14.7. The van der Waals surface area contributed by atoms with Crippen molar-refractivity contribution in [1.82, 2.24) is 0 Å². The van der Waals surface area contributed by atoms with Gasteiger partial charge >= 0.3 is 0 Å². The molecule has 0 unspecified atom stereocenters. The van der Waals surface area contributed by atoms with E-state index in [9.17, 15) is 0 Å². The lowest BCUT2D eigenvalue weighted by Gasteiger charge is -2.01. The van der Waals surface area contributed by atoms with Gasteiger partial charge in [-0.3, -0.25) is 0 Å². The first-order chi connectivity index (χ1) is 5.34. The molecule has 1 nitrogen and oxygen atoms in total. The van der Waals surface area contributed by atoms with Crippen LogP contribution in [0.25, 0.3) is 0 Å². The van der Waals surface area contributed by atoms with Gasteiger partial charge in [0.15, 0.2) is 0 Å². The van der Waals surface area contributed by atoms with Crippen molar-refractivity contribution in [3.05, 3.63) is 35.4 Å². The van der Waals surface area contributed by atoms with Crippen LogP contribution in [0.4, 0.5) is 0 Å². The molecule has 0 spiro atoms. The summed E-state index contributed by atoms with van der Waals surface area (Å²) in [6, 6.07) is 8.38. The summed E-state index contributed by atoms with van der Waals surface area (Å²) >= 11 is 0. The molecule has 0 N–H and O–H groups in total. The Hall–Kier alpha value is -1.11. The van der Waals surface area contributed by atoms with Crippen molar-refractivity contribution < 1.29 is 0 Å². The third-order valence-corrected chi connectivity index (χ3v) is 1.80. The first-order valence-electron chi connectivity index (χ1n) is 3.81. The molecular formula is C10H13N. The standard InChI is InChI=1S/C10H13N/c1-9-5-3-4-6-10(9)7-8-11-2/h3-6H,2,7-8H2,1H3. The number of rotatable bonds is 3. The van der Waals surface area contributed by atoms with Crippen LogP contribution in [0.1, 0.15) is 11.1 Å². The molecule has 0 aliphatic rings. The Labute approximate surface area is 67.8 Å².